The Kier molecular flexibility index (Phi) is 4.34. The minimum atomic E-state index is -0.985. The van der Waals surface area contributed by atoms with Crippen molar-refractivity contribution in [1.29, 1.82) is 0 Å². The van der Waals surface area contributed by atoms with Crippen LogP contribution in [0, 0.1) is 0 Å². The van der Waals surface area contributed by atoms with Gasteiger partial charge in [-0.1, -0.05) is 0 Å². The second-order valence-corrected chi connectivity index (χ2v) is 4.58. The number of pyridine rings is 1. The molecule has 1 aromatic rings. The Hall–Kier alpha value is -2.37. The van der Waals surface area contributed by atoms with Gasteiger partial charge in [-0.3, -0.25) is 4.79 Å². The standard InChI is InChI=1S/C14H17N3O3/c1-11(18)16-7-9-17(10-8-16)14-12(3-2-6-15-14)4-5-13(19)20/h2-6H,7-10H2,1H3,(H,19,20)/b5-4+. The van der Waals surface area contributed by atoms with Gasteiger partial charge in [-0.15, -0.1) is 0 Å². The summed E-state index contributed by atoms with van der Waals surface area (Å²) >= 11 is 0. The van der Waals surface area contributed by atoms with Gasteiger partial charge in [0.1, 0.15) is 5.82 Å². The molecule has 106 valence electrons. The second kappa shape index (κ2) is 6.18. The van der Waals surface area contributed by atoms with Crippen LogP contribution in [0.4, 0.5) is 5.82 Å². The van der Waals surface area contributed by atoms with Crippen LogP contribution in [-0.2, 0) is 9.59 Å². The van der Waals surface area contributed by atoms with Gasteiger partial charge in [0, 0.05) is 50.9 Å². The molecule has 20 heavy (non-hydrogen) atoms. The molecule has 1 aliphatic rings. The minimum absolute atomic E-state index is 0.0802. The van der Waals surface area contributed by atoms with Gasteiger partial charge in [-0.2, -0.15) is 0 Å². The number of hydrogen-bond donors (Lipinski definition) is 1. The molecular weight excluding hydrogens is 258 g/mol. The van der Waals surface area contributed by atoms with Gasteiger partial charge in [-0.05, 0) is 18.2 Å². The molecule has 1 N–H and O–H groups in total. The molecular formula is C14H17N3O3. The summed E-state index contributed by atoms with van der Waals surface area (Å²) in [4.78, 5) is 30.1. The molecule has 1 amide bonds. The van der Waals surface area contributed by atoms with E-state index in [-0.39, 0.29) is 5.91 Å². The number of aliphatic carboxylic acids is 1. The van der Waals surface area contributed by atoms with Crippen LogP contribution in [0.1, 0.15) is 12.5 Å². The molecule has 0 atom stereocenters. The zero-order chi connectivity index (χ0) is 14.5. The van der Waals surface area contributed by atoms with Gasteiger partial charge in [0.15, 0.2) is 0 Å². The Morgan fingerprint density at radius 1 is 1.30 bits per heavy atom. The summed E-state index contributed by atoms with van der Waals surface area (Å²) in [6.07, 6.45) is 4.33. The molecule has 2 rings (SSSR count). The minimum Gasteiger partial charge on any atom is -0.478 e. The van der Waals surface area contributed by atoms with Crippen molar-refractivity contribution < 1.29 is 14.7 Å². The van der Waals surface area contributed by atoms with Gasteiger partial charge in [-0.25, -0.2) is 9.78 Å². The molecule has 1 fully saturated rings. The van der Waals surface area contributed by atoms with Crippen LogP contribution < -0.4 is 4.90 Å². The van der Waals surface area contributed by atoms with Crippen molar-refractivity contribution in [3.63, 3.8) is 0 Å². The van der Waals surface area contributed by atoms with Crippen molar-refractivity contribution in [1.82, 2.24) is 9.88 Å². The molecule has 0 saturated carbocycles. The van der Waals surface area contributed by atoms with E-state index >= 15 is 0 Å². The summed E-state index contributed by atoms with van der Waals surface area (Å²) in [5.41, 5.74) is 0.770. The van der Waals surface area contributed by atoms with E-state index in [0.29, 0.717) is 26.2 Å². The summed E-state index contributed by atoms with van der Waals surface area (Å²) < 4.78 is 0. The number of carbonyl (C=O) groups excluding carboxylic acids is 1. The number of carbonyl (C=O) groups is 2. The van der Waals surface area contributed by atoms with Gasteiger partial charge in [0.25, 0.3) is 0 Å². The van der Waals surface area contributed by atoms with E-state index in [0.717, 1.165) is 17.5 Å². The molecule has 0 unspecified atom stereocenters. The molecule has 6 heteroatoms. The van der Waals surface area contributed by atoms with E-state index in [9.17, 15) is 9.59 Å². The largest absolute Gasteiger partial charge is 0.478 e. The maximum Gasteiger partial charge on any atom is 0.328 e. The summed E-state index contributed by atoms with van der Waals surface area (Å²) in [6, 6.07) is 3.61. The van der Waals surface area contributed by atoms with Crippen molar-refractivity contribution in [2.24, 2.45) is 0 Å². The van der Waals surface area contributed by atoms with E-state index in [1.54, 1.807) is 30.2 Å². The number of amides is 1. The SMILES string of the molecule is CC(=O)N1CCN(c2ncccc2/C=C/C(=O)O)CC1. The number of piperazine rings is 1. The third-order valence-electron chi connectivity index (χ3n) is 3.25. The maximum atomic E-state index is 11.3. The maximum absolute atomic E-state index is 11.3. The fourth-order valence-corrected chi connectivity index (χ4v) is 2.20. The van der Waals surface area contributed by atoms with Crippen LogP contribution in [0.25, 0.3) is 6.08 Å². The molecule has 0 spiro atoms. The van der Waals surface area contributed by atoms with E-state index in [4.69, 9.17) is 5.11 Å². The van der Waals surface area contributed by atoms with Crippen LogP contribution in [0.15, 0.2) is 24.4 Å². The smallest absolute Gasteiger partial charge is 0.328 e. The fraction of sp³-hybridized carbons (Fsp3) is 0.357. The van der Waals surface area contributed by atoms with Crippen molar-refractivity contribution in [2.45, 2.75) is 6.92 Å². The lowest BCUT2D eigenvalue weighted by Crippen LogP contribution is -2.48. The van der Waals surface area contributed by atoms with Crippen LogP contribution in [-0.4, -0.2) is 53.0 Å². The molecule has 0 bridgehead atoms. The molecule has 1 aromatic heterocycles. The van der Waals surface area contributed by atoms with E-state index in [1.807, 2.05) is 6.07 Å². The Balaban J connectivity index is 2.13. The topological polar surface area (TPSA) is 73.7 Å². The van der Waals surface area contributed by atoms with Crippen molar-refractivity contribution in [3.8, 4) is 0 Å². The lowest BCUT2D eigenvalue weighted by Gasteiger charge is -2.35. The van der Waals surface area contributed by atoms with Crippen molar-refractivity contribution in [3.05, 3.63) is 30.0 Å². The number of anilines is 1. The summed E-state index contributed by atoms with van der Waals surface area (Å²) in [7, 11) is 0. The van der Waals surface area contributed by atoms with Crippen LogP contribution in [0.2, 0.25) is 0 Å². The first kappa shape index (κ1) is 14.0. The van der Waals surface area contributed by atoms with Gasteiger partial charge < -0.3 is 14.9 Å². The van der Waals surface area contributed by atoms with Gasteiger partial charge >= 0.3 is 5.97 Å². The average Bonchev–Trinajstić information content (AvgIpc) is 2.45. The Labute approximate surface area is 117 Å². The van der Waals surface area contributed by atoms with Crippen molar-refractivity contribution in [2.75, 3.05) is 31.1 Å². The Morgan fingerprint density at radius 2 is 2.00 bits per heavy atom. The highest BCUT2D eigenvalue weighted by Crippen LogP contribution is 2.20. The third kappa shape index (κ3) is 3.34. The molecule has 0 aliphatic carbocycles. The number of carboxylic acids is 1. The molecule has 1 saturated heterocycles. The first-order valence-corrected chi connectivity index (χ1v) is 6.44. The van der Waals surface area contributed by atoms with Gasteiger partial charge in [0.05, 0.1) is 0 Å². The van der Waals surface area contributed by atoms with E-state index < -0.39 is 5.97 Å². The predicted molar refractivity (Wildman–Crippen MR) is 75.4 cm³/mol. The zero-order valence-electron chi connectivity index (χ0n) is 11.3. The molecule has 1 aliphatic heterocycles. The fourth-order valence-electron chi connectivity index (χ4n) is 2.20. The zero-order valence-corrected chi connectivity index (χ0v) is 11.3. The second-order valence-electron chi connectivity index (χ2n) is 4.58. The summed E-state index contributed by atoms with van der Waals surface area (Å²) in [5.74, 6) is -0.147. The molecule has 6 nitrogen and oxygen atoms in total. The molecule has 2 heterocycles. The molecule has 0 radical (unpaired) electrons. The van der Waals surface area contributed by atoms with E-state index in [2.05, 4.69) is 9.88 Å². The normalized spacial score (nSPS) is 15.7. The van der Waals surface area contributed by atoms with Crippen molar-refractivity contribution >= 4 is 23.8 Å². The highest BCUT2D eigenvalue weighted by molar-refractivity contribution is 5.86. The first-order valence-electron chi connectivity index (χ1n) is 6.44. The van der Waals surface area contributed by atoms with Crippen LogP contribution in [0.3, 0.4) is 0 Å². The monoisotopic (exact) mass is 275 g/mol. The Morgan fingerprint density at radius 3 is 2.60 bits per heavy atom. The number of nitrogens with zero attached hydrogens (tertiary/aromatic N) is 3. The number of carboxylic acid groups (broad SMARTS) is 1. The lowest BCUT2D eigenvalue weighted by atomic mass is 10.2. The molecule has 0 aromatic carbocycles. The highest BCUT2D eigenvalue weighted by Gasteiger charge is 2.20. The third-order valence-corrected chi connectivity index (χ3v) is 3.25. The van der Waals surface area contributed by atoms with E-state index in [1.165, 1.54) is 0 Å². The number of rotatable bonds is 3. The average molecular weight is 275 g/mol. The lowest BCUT2D eigenvalue weighted by molar-refractivity contribution is -0.131. The predicted octanol–water partition coefficient (Wildman–Crippen LogP) is 0.848. The number of aromatic nitrogens is 1. The van der Waals surface area contributed by atoms with Crippen LogP contribution >= 0.6 is 0 Å². The Bertz CT molecular complexity index is 534. The summed E-state index contributed by atoms with van der Waals surface area (Å²) in [6.45, 7) is 4.29. The summed E-state index contributed by atoms with van der Waals surface area (Å²) in [5, 5.41) is 8.71. The number of hydrogen-bond acceptors (Lipinski definition) is 4. The van der Waals surface area contributed by atoms with Crippen LogP contribution in [0.5, 0.6) is 0 Å². The quantitative estimate of drug-likeness (QED) is 0.828. The highest BCUT2D eigenvalue weighted by atomic mass is 16.4. The van der Waals surface area contributed by atoms with Gasteiger partial charge in [0.2, 0.25) is 5.91 Å². The first-order chi connectivity index (χ1) is 9.58.